The topological polar surface area (TPSA) is 12.0 Å². The summed E-state index contributed by atoms with van der Waals surface area (Å²) in [7, 11) is 0. The van der Waals surface area contributed by atoms with E-state index in [4.69, 9.17) is 0 Å². The highest BCUT2D eigenvalue weighted by molar-refractivity contribution is 7.12. The molecule has 1 nitrogen and oxygen atoms in total. The van der Waals surface area contributed by atoms with Gasteiger partial charge in [-0.3, -0.25) is 0 Å². The molecule has 2 rings (SSSR count). The molecule has 2 aromatic rings. The third kappa shape index (κ3) is 3.01. The zero-order valence-electron chi connectivity index (χ0n) is 11.0. The third-order valence-corrected chi connectivity index (χ3v) is 4.31. The number of nitrogens with one attached hydrogen (secondary N) is 1. The smallest absolute Gasteiger partial charge is 0.131 e. The molecule has 1 unspecified atom stereocenters. The predicted octanol–water partition coefficient (Wildman–Crippen LogP) is 4.29. The molecule has 0 fully saturated rings. The first-order valence-corrected chi connectivity index (χ1v) is 7.24. The maximum Gasteiger partial charge on any atom is 0.131 e. The van der Waals surface area contributed by atoms with E-state index in [1.165, 1.54) is 23.1 Å². The molecule has 0 saturated carbocycles. The van der Waals surface area contributed by atoms with Crippen LogP contribution in [0.4, 0.5) is 8.78 Å². The van der Waals surface area contributed by atoms with Crippen molar-refractivity contribution in [2.45, 2.75) is 26.3 Å². The van der Waals surface area contributed by atoms with Gasteiger partial charge in [0, 0.05) is 15.3 Å². The molecule has 4 heteroatoms. The van der Waals surface area contributed by atoms with Gasteiger partial charge in [0.05, 0.1) is 6.04 Å². The molecule has 0 radical (unpaired) electrons. The lowest BCUT2D eigenvalue weighted by molar-refractivity contribution is 0.513. The van der Waals surface area contributed by atoms with Crippen LogP contribution >= 0.6 is 11.3 Å². The van der Waals surface area contributed by atoms with Crippen molar-refractivity contribution in [3.8, 4) is 0 Å². The molecule has 19 heavy (non-hydrogen) atoms. The fourth-order valence-corrected chi connectivity index (χ4v) is 3.11. The van der Waals surface area contributed by atoms with Crippen molar-refractivity contribution in [1.29, 1.82) is 0 Å². The zero-order valence-corrected chi connectivity index (χ0v) is 11.9. The van der Waals surface area contributed by atoms with E-state index in [2.05, 4.69) is 12.2 Å². The van der Waals surface area contributed by atoms with Gasteiger partial charge in [-0.15, -0.1) is 11.3 Å². The Hall–Kier alpha value is -1.26. The van der Waals surface area contributed by atoms with Crippen LogP contribution < -0.4 is 5.32 Å². The van der Waals surface area contributed by atoms with E-state index in [1.54, 1.807) is 11.3 Å². The molecule has 1 heterocycles. The van der Waals surface area contributed by atoms with Crippen molar-refractivity contribution in [2.24, 2.45) is 0 Å². The highest BCUT2D eigenvalue weighted by Gasteiger charge is 2.22. The molecule has 0 aliphatic rings. The number of halogens is 2. The Kier molecular flexibility index (Phi) is 4.66. The van der Waals surface area contributed by atoms with Gasteiger partial charge >= 0.3 is 0 Å². The highest BCUT2D eigenvalue weighted by atomic mass is 32.1. The van der Waals surface area contributed by atoms with Crippen LogP contribution in [0.5, 0.6) is 0 Å². The van der Waals surface area contributed by atoms with Crippen LogP contribution in [0.3, 0.4) is 0 Å². The fourth-order valence-electron chi connectivity index (χ4n) is 2.08. The zero-order chi connectivity index (χ0) is 13.8. The van der Waals surface area contributed by atoms with Crippen LogP contribution in [0.1, 0.15) is 35.2 Å². The summed E-state index contributed by atoms with van der Waals surface area (Å²) in [6, 6.07) is 7.54. The van der Waals surface area contributed by atoms with Gasteiger partial charge in [-0.25, -0.2) is 8.78 Å². The number of aryl methyl sites for hydroxylation is 1. The molecule has 0 amide bonds. The summed E-state index contributed by atoms with van der Waals surface area (Å²) < 4.78 is 27.8. The molecule has 102 valence electrons. The lowest BCUT2D eigenvalue weighted by Gasteiger charge is -2.18. The molecule has 0 aliphatic heterocycles. The molecule has 1 N–H and O–H groups in total. The first kappa shape index (κ1) is 14.2. The molecule has 0 aliphatic carbocycles. The van der Waals surface area contributed by atoms with Crippen LogP contribution in [-0.2, 0) is 6.42 Å². The molecule has 1 atom stereocenters. The number of benzene rings is 1. The molecular formula is C15H17F2NS. The molecule has 1 aromatic carbocycles. The summed E-state index contributed by atoms with van der Waals surface area (Å²) >= 11 is 1.60. The van der Waals surface area contributed by atoms with E-state index in [9.17, 15) is 8.78 Å². The average Bonchev–Trinajstić information content (AvgIpc) is 2.86. The summed E-state index contributed by atoms with van der Waals surface area (Å²) in [5.74, 6) is -1.00. The molecule has 1 aromatic heterocycles. The van der Waals surface area contributed by atoms with Crippen LogP contribution in [0.2, 0.25) is 0 Å². The van der Waals surface area contributed by atoms with Gasteiger partial charge in [-0.2, -0.15) is 0 Å². The number of thiophene rings is 1. The third-order valence-electron chi connectivity index (χ3n) is 3.01. The second kappa shape index (κ2) is 6.26. The summed E-state index contributed by atoms with van der Waals surface area (Å²) in [5, 5.41) is 3.16. The van der Waals surface area contributed by atoms with Gasteiger partial charge in [0.2, 0.25) is 0 Å². The van der Waals surface area contributed by atoms with Gasteiger partial charge < -0.3 is 5.32 Å². The van der Waals surface area contributed by atoms with Crippen molar-refractivity contribution in [1.82, 2.24) is 5.32 Å². The summed E-state index contributed by atoms with van der Waals surface area (Å²) in [6.45, 7) is 4.65. The van der Waals surface area contributed by atoms with E-state index in [0.29, 0.717) is 6.54 Å². The first-order chi connectivity index (χ1) is 9.17. The minimum atomic E-state index is -0.502. The minimum Gasteiger partial charge on any atom is -0.306 e. The average molecular weight is 281 g/mol. The summed E-state index contributed by atoms with van der Waals surface area (Å²) in [5.41, 5.74) is 0.105. The Bertz CT molecular complexity index is 531. The lowest BCUT2D eigenvalue weighted by atomic mass is 10.0. The second-order valence-electron chi connectivity index (χ2n) is 4.28. The SMILES string of the molecule is CCNC(c1ccc(CC)s1)c1c(F)cccc1F. The van der Waals surface area contributed by atoms with E-state index in [-0.39, 0.29) is 5.56 Å². The number of rotatable bonds is 5. The van der Waals surface area contributed by atoms with Gasteiger partial charge in [-0.05, 0) is 37.2 Å². The van der Waals surface area contributed by atoms with Gasteiger partial charge in [0.25, 0.3) is 0 Å². The largest absolute Gasteiger partial charge is 0.306 e. The standard InChI is InChI=1S/C15H17F2NS/c1-3-10-8-9-13(19-10)15(18-4-2)14-11(16)6-5-7-12(14)17/h5-9,15,18H,3-4H2,1-2H3. The Morgan fingerprint density at radius 1 is 1.11 bits per heavy atom. The lowest BCUT2D eigenvalue weighted by Crippen LogP contribution is -2.23. The van der Waals surface area contributed by atoms with E-state index >= 15 is 0 Å². The fraction of sp³-hybridized carbons (Fsp3) is 0.333. The number of hydrogen-bond donors (Lipinski definition) is 1. The van der Waals surface area contributed by atoms with Crippen LogP contribution in [-0.4, -0.2) is 6.54 Å². The van der Waals surface area contributed by atoms with Gasteiger partial charge in [-0.1, -0.05) is 19.9 Å². The normalized spacial score (nSPS) is 12.6. The molecule has 0 saturated heterocycles. The predicted molar refractivity (Wildman–Crippen MR) is 75.6 cm³/mol. The minimum absolute atomic E-state index is 0.105. The van der Waals surface area contributed by atoms with Gasteiger partial charge in [0.15, 0.2) is 0 Å². The van der Waals surface area contributed by atoms with E-state index in [0.717, 1.165) is 11.3 Å². The Balaban J connectivity index is 2.45. The molecular weight excluding hydrogens is 264 g/mol. The highest BCUT2D eigenvalue weighted by Crippen LogP contribution is 2.31. The first-order valence-electron chi connectivity index (χ1n) is 6.43. The number of hydrogen-bond acceptors (Lipinski definition) is 2. The Morgan fingerprint density at radius 2 is 1.79 bits per heavy atom. The van der Waals surface area contributed by atoms with Crippen LogP contribution in [0, 0.1) is 11.6 Å². The summed E-state index contributed by atoms with van der Waals surface area (Å²) in [4.78, 5) is 2.16. The Labute approximate surface area is 116 Å². The molecule has 0 spiro atoms. The van der Waals surface area contributed by atoms with E-state index < -0.39 is 17.7 Å². The van der Waals surface area contributed by atoms with Crippen molar-refractivity contribution >= 4 is 11.3 Å². The quantitative estimate of drug-likeness (QED) is 0.862. The maximum absolute atomic E-state index is 13.9. The monoisotopic (exact) mass is 281 g/mol. The summed E-state index contributed by atoms with van der Waals surface area (Å²) in [6.07, 6.45) is 0.934. The molecule has 0 bridgehead atoms. The van der Waals surface area contributed by atoms with Crippen molar-refractivity contribution in [3.05, 3.63) is 57.3 Å². The van der Waals surface area contributed by atoms with Crippen molar-refractivity contribution in [2.75, 3.05) is 6.54 Å². The maximum atomic E-state index is 13.9. The van der Waals surface area contributed by atoms with E-state index in [1.807, 2.05) is 19.1 Å². The van der Waals surface area contributed by atoms with Crippen LogP contribution in [0.25, 0.3) is 0 Å². The van der Waals surface area contributed by atoms with Gasteiger partial charge in [0.1, 0.15) is 11.6 Å². The second-order valence-corrected chi connectivity index (χ2v) is 5.48. The van der Waals surface area contributed by atoms with Crippen LogP contribution in [0.15, 0.2) is 30.3 Å². The van der Waals surface area contributed by atoms with Crippen molar-refractivity contribution < 1.29 is 8.78 Å². The van der Waals surface area contributed by atoms with Crippen molar-refractivity contribution in [3.63, 3.8) is 0 Å². The Morgan fingerprint density at radius 3 is 2.32 bits per heavy atom.